The number of ether oxygens (including phenoxy) is 2. The van der Waals surface area contributed by atoms with Gasteiger partial charge in [0.15, 0.2) is 0 Å². The maximum atomic E-state index is 11.0. The Kier molecular flexibility index (Phi) is 5.11. The van der Waals surface area contributed by atoms with Crippen LogP contribution in [0.3, 0.4) is 0 Å². The van der Waals surface area contributed by atoms with Crippen molar-refractivity contribution in [2.45, 2.75) is 27.1 Å². The fourth-order valence-corrected chi connectivity index (χ4v) is 2.58. The highest BCUT2D eigenvalue weighted by Gasteiger charge is 2.17. The Morgan fingerprint density at radius 3 is 1.63 bits per heavy atom. The number of esters is 2. The number of benzene rings is 1. The van der Waals surface area contributed by atoms with Gasteiger partial charge in [-0.1, -0.05) is 22.6 Å². The monoisotopic (exact) mass is 408 g/mol. The Balaban J connectivity index is 1.75. The van der Waals surface area contributed by atoms with Crippen molar-refractivity contribution in [1.29, 1.82) is 0 Å². The van der Waals surface area contributed by atoms with Crippen LogP contribution in [0.25, 0.3) is 22.7 Å². The molecule has 1 aromatic carbocycles. The Morgan fingerprint density at radius 2 is 1.23 bits per heavy atom. The minimum Gasteiger partial charge on any atom is -0.459 e. The summed E-state index contributed by atoms with van der Waals surface area (Å²) in [7, 11) is 0. The van der Waals surface area contributed by atoms with Crippen LogP contribution in [0.5, 0.6) is 0 Å². The van der Waals surface area contributed by atoms with E-state index in [0.717, 1.165) is 0 Å². The summed E-state index contributed by atoms with van der Waals surface area (Å²) in [5.74, 6) is -0.143. The normalized spacial score (nSPS) is 10.9. The lowest BCUT2D eigenvalue weighted by Gasteiger charge is -2.08. The molecular weight excluding hydrogens is 392 g/mol. The fourth-order valence-electron chi connectivity index (χ4n) is 2.58. The Hall–Kier alpha value is -4.22. The van der Waals surface area contributed by atoms with E-state index >= 15 is 0 Å². The molecule has 12 nitrogen and oxygen atoms in total. The second kappa shape index (κ2) is 8.03. The van der Waals surface area contributed by atoms with Gasteiger partial charge in [0.25, 0.3) is 0 Å². The van der Waals surface area contributed by atoms with Crippen molar-refractivity contribution in [3.8, 4) is 11.6 Å². The summed E-state index contributed by atoms with van der Waals surface area (Å²) in [6.07, 6.45) is 3.17. The summed E-state index contributed by atoms with van der Waals surface area (Å²) in [6, 6.07) is 7.33. The number of carbonyl (C=O) groups is 2. The van der Waals surface area contributed by atoms with Crippen LogP contribution in [0.1, 0.15) is 25.2 Å². The van der Waals surface area contributed by atoms with Gasteiger partial charge in [-0.25, -0.2) is 9.97 Å². The van der Waals surface area contributed by atoms with Gasteiger partial charge >= 0.3 is 11.9 Å². The number of aromatic nitrogens is 8. The first-order valence-electron chi connectivity index (χ1n) is 8.86. The average molecular weight is 408 g/mol. The third kappa shape index (κ3) is 4.11. The first-order chi connectivity index (χ1) is 14.5. The van der Waals surface area contributed by atoms with Gasteiger partial charge in [0, 0.05) is 13.8 Å². The molecule has 0 aliphatic heterocycles. The summed E-state index contributed by atoms with van der Waals surface area (Å²) < 4.78 is 12.7. The number of fused-ring (bicyclic) bond motifs is 1. The molecule has 0 aliphatic rings. The van der Waals surface area contributed by atoms with Crippen molar-refractivity contribution < 1.29 is 19.1 Å². The van der Waals surface area contributed by atoms with Crippen molar-refractivity contribution in [1.82, 2.24) is 40.0 Å². The number of nitrogens with zero attached hydrogens (tertiary/aromatic N) is 8. The van der Waals surface area contributed by atoms with Gasteiger partial charge in [0.2, 0.25) is 11.6 Å². The molecule has 152 valence electrons. The Bertz CT molecular complexity index is 1140. The molecule has 4 aromatic rings. The van der Waals surface area contributed by atoms with Crippen molar-refractivity contribution in [2.24, 2.45) is 0 Å². The highest BCUT2D eigenvalue weighted by Crippen LogP contribution is 2.19. The quantitative estimate of drug-likeness (QED) is 0.423. The molecule has 0 spiro atoms. The van der Waals surface area contributed by atoms with Gasteiger partial charge in [0.1, 0.15) is 24.6 Å². The van der Waals surface area contributed by atoms with Crippen LogP contribution < -0.4 is 0 Å². The molecule has 0 bridgehead atoms. The van der Waals surface area contributed by atoms with E-state index in [9.17, 15) is 9.59 Å². The molecule has 0 fully saturated rings. The molecule has 0 atom stereocenters. The molecule has 0 unspecified atom stereocenters. The lowest BCUT2D eigenvalue weighted by molar-refractivity contribution is -0.143. The maximum absolute atomic E-state index is 11.0. The predicted octanol–water partition coefficient (Wildman–Crippen LogP) is 0.917. The van der Waals surface area contributed by atoms with Crippen LogP contribution >= 0.6 is 0 Å². The van der Waals surface area contributed by atoms with Gasteiger partial charge in [-0.05, 0) is 12.1 Å². The zero-order valence-electron chi connectivity index (χ0n) is 16.1. The van der Waals surface area contributed by atoms with E-state index in [-0.39, 0.29) is 13.2 Å². The average Bonchev–Trinajstić information content (AvgIpc) is 3.39. The van der Waals surface area contributed by atoms with Crippen molar-refractivity contribution in [3.05, 3.63) is 48.0 Å². The van der Waals surface area contributed by atoms with E-state index in [4.69, 9.17) is 9.47 Å². The number of hydrogen-bond donors (Lipinski definition) is 0. The molecule has 0 amide bonds. The molecule has 0 N–H and O–H groups in total. The van der Waals surface area contributed by atoms with Crippen LogP contribution in [0.4, 0.5) is 0 Å². The predicted molar refractivity (Wildman–Crippen MR) is 100 cm³/mol. The summed E-state index contributed by atoms with van der Waals surface area (Å²) >= 11 is 0. The van der Waals surface area contributed by atoms with Crippen LogP contribution in [0.15, 0.2) is 36.7 Å². The molecule has 3 aromatic heterocycles. The number of para-hydroxylation sites is 2. The van der Waals surface area contributed by atoms with Crippen LogP contribution in [0, 0.1) is 0 Å². The minimum absolute atomic E-state index is 0.0124. The van der Waals surface area contributed by atoms with Gasteiger partial charge < -0.3 is 9.47 Å². The third-order valence-electron chi connectivity index (χ3n) is 3.90. The highest BCUT2D eigenvalue weighted by atomic mass is 16.5. The summed E-state index contributed by atoms with van der Waals surface area (Å²) in [4.78, 5) is 31.3. The minimum atomic E-state index is -0.418. The van der Waals surface area contributed by atoms with Gasteiger partial charge in [-0.15, -0.1) is 10.2 Å². The Labute approximate surface area is 169 Å². The zero-order chi connectivity index (χ0) is 21.1. The summed E-state index contributed by atoms with van der Waals surface area (Å²) in [6.45, 7) is 2.61. The van der Waals surface area contributed by atoms with E-state index < -0.39 is 11.9 Å². The topological polar surface area (TPSA) is 140 Å². The third-order valence-corrected chi connectivity index (χ3v) is 3.90. The van der Waals surface area contributed by atoms with Gasteiger partial charge in [-0.3, -0.25) is 9.59 Å². The van der Waals surface area contributed by atoms with Gasteiger partial charge in [-0.2, -0.15) is 9.36 Å². The molecule has 0 aliphatic carbocycles. The standard InChI is InChI=1S/C18H16N8O4/c1-11(27)29-9-13-7-25(23-21-13)17-18(20-16-6-4-3-5-15(16)19-17)26-8-14(22-24-26)10-30-12(2)28/h3-8H,9-10H2,1-2H3. The van der Waals surface area contributed by atoms with E-state index in [0.29, 0.717) is 34.1 Å². The highest BCUT2D eigenvalue weighted by molar-refractivity contribution is 5.76. The van der Waals surface area contributed by atoms with E-state index in [1.165, 1.54) is 23.2 Å². The molecule has 30 heavy (non-hydrogen) atoms. The molecular formula is C18H16N8O4. The molecule has 0 saturated heterocycles. The number of carbonyl (C=O) groups excluding carboxylic acids is 2. The van der Waals surface area contributed by atoms with E-state index in [2.05, 4.69) is 30.6 Å². The largest absolute Gasteiger partial charge is 0.459 e. The van der Waals surface area contributed by atoms with Crippen LogP contribution in [-0.4, -0.2) is 51.9 Å². The molecule has 12 heteroatoms. The number of hydrogen-bond acceptors (Lipinski definition) is 10. The van der Waals surface area contributed by atoms with Crippen molar-refractivity contribution >= 4 is 23.0 Å². The zero-order valence-corrected chi connectivity index (χ0v) is 16.1. The number of rotatable bonds is 6. The molecule has 0 radical (unpaired) electrons. The molecule has 3 heterocycles. The second-order valence-corrected chi connectivity index (χ2v) is 6.23. The smallest absolute Gasteiger partial charge is 0.303 e. The summed E-state index contributed by atoms with van der Waals surface area (Å²) in [5.41, 5.74) is 2.18. The van der Waals surface area contributed by atoms with Gasteiger partial charge in [0.05, 0.1) is 23.4 Å². The van der Waals surface area contributed by atoms with E-state index in [1.54, 1.807) is 12.4 Å². The first-order valence-corrected chi connectivity index (χ1v) is 8.86. The fraction of sp³-hybridized carbons (Fsp3) is 0.222. The second-order valence-electron chi connectivity index (χ2n) is 6.23. The molecule has 0 saturated carbocycles. The van der Waals surface area contributed by atoms with Crippen LogP contribution in [0.2, 0.25) is 0 Å². The van der Waals surface area contributed by atoms with Crippen LogP contribution in [-0.2, 0) is 32.3 Å². The lowest BCUT2D eigenvalue weighted by atomic mass is 10.3. The van der Waals surface area contributed by atoms with Crippen molar-refractivity contribution in [3.63, 3.8) is 0 Å². The summed E-state index contributed by atoms with van der Waals surface area (Å²) in [5, 5.41) is 16.1. The van der Waals surface area contributed by atoms with Crippen molar-refractivity contribution in [2.75, 3.05) is 0 Å². The Morgan fingerprint density at radius 1 is 0.800 bits per heavy atom. The SMILES string of the molecule is CC(=O)OCc1cn(-c2nc3ccccc3nc2-n2cc(COC(C)=O)nn2)nn1. The lowest BCUT2D eigenvalue weighted by Crippen LogP contribution is -2.10. The maximum Gasteiger partial charge on any atom is 0.303 e. The molecule has 4 rings (SSSR count). The first kappa shape index (κ1) is 19.1. The van der Waals surface area contributed by atoms with E-state index in [1.807, 2.05) is 24.3 Å².